The number of amides is 1. The van der Waals surface area contributed by atoms with E-state index in [4.69, 9.17) is 23.2 Å². The first-order chi connectivity index (χ1) is 16.2. The lowest BCUT2D eigenvalue weighted by molar-refractivity contribution is 0.0975. The Hall–Kier alpha value is -2.33. The lowest BCUT2D eigenvalue weighted by Crippen LogP contribution is -2.45. The molecule has 2 aliphatic heterocycles. The molecule has 3 aromatic rings. The summed E-state index contributed by atoms with van der Waals surface area (Å²) < 4.78 is 0. The van der Waals surface area contributed by atoms with Gasteiger partial charge in [-0.15, -0.1) is 0 Å². The first kappa shape index (κ1) is 23.4. The maximum atomic E-state index is 13.6. The molecule has 1 fully saturated rings. The third-order valence-electron chi connectivity index (χ3n) is 7.38. The number of anilines is 1. The van der Waals surface area contributed by atoms with Gasteiger partial charge < -0.3 is 4.90 Å². The van der Waals surface area contributed by atoms with Crippen molar-refractivity contribution < 1.29 is 4.79 Å². The number of carbonyl (C=O) groups is 1. The van der Waals surface area contributed by atoms with E-state index in [9.17, 15) is 4.79 Å². The van der Waals surface area contributed by atoms with Gasteiger partial charge in [-0.2, -0.15) is 0 Å². The number of likely N-dealkylation sites (tertiary alicyclic amines) is 1. The number of carbonyl (C=O) groups excluding carboxylic acids is 1. The molecule has 0 aliphatic carbocycles. The predicted molar refractivity (Wildman–Crippen MR) is 141 cm³/mol. The van der Waals surface area contributed by atoms with Gasteiger partial charge in [0.2, 0.25) is 0 Å². The molecule has 1 spiro atoms. The second-order valence-corrected chi connectivity index (χ2v) is 10.9. The fourth-order valence-corrected chi connectivity index (χ4v) is 6.25. The topological polar surface area (TPSA) is 23.6 Å². The van der Waals surface area contributed by atoms with Crippen molar-refractivity contribution in [2.45, 2.75) is 45.6 Å². The monoisotopic (exact) mass is 492 g/mol. The first-order valence-electron chi connectivity index (χ1n) is 11.9. The van der Waals surface area contributed by atoms with Crippen LogP contribution in [0.4, 0.5) is 5.69 Å². The molecule has 0 radical (unpaired) electrons. The summed E-state index contributed by atoms with van der Waals surface area (Å²) in [6, 6.07) is 18.4. The summed E-state index contributed by atoms with van der Waals surface area (Å²) >= 11 is 12.5. The number of hydrogen-bond acceptors (Lipinski definition) is 2. The van der Waals surface area contributed by atoms with E-state index in [0.29, 0.717) is 22.2 Å². The zero-order valence-corrected chi connectivity index (χ0v) is 21.5. The highest BCUT2D eigenvalue weighted by atomic mass is 35.5. The minimum absolute atomic E-state index is 0.0189. The molecule has 34 heavy (non-hydrogen) atoms. The number of halogens is 2. The molecule has 0 unspecified atom stereocenters. The number of piperidine rings is 1. The van der Waals surface area contributed by atoms with Gasteiger partial charge >= 0.3 is 0 Å². The lowest BCUT2D eigenvalue weighted by atomic mass is 9.74. The Morgan fingerprint density at radius 2 is 1.59 bits per heavy atom. The van der Waals surface area contributed by atoms with Crippen molar-refractivity contribution >= 4 is 34.8 Å². The number of fused-ring (bicyclic) bond motifs is 2. The van der Waals surface area contributed by atoms with Gasteiger partial charge in [0.25, 0.3) is 5.91 Å². The van der Waals surface area contributed by atoms with Crippen LogP contribution in [0.5, 0.6) is 0 Å². The lowest BCUT2D eigenvalue weighted by Gasteiger charge is -2.40. The number of aryl methyl sites for hydroxylation is 3. The summed E-state index contributed by atoms with van der Waals surface area (Å²) in [5, 5.41) is 0.932. The summed E-state index contributed by atoms with van der Waals surface area (Å²) in [5.74, 6) is -0.0543. The largest absolute Gasteiger partial charge is 0.307 e. The number of rotatable bonds is 3. The molecule has 3 aromatic carbocycles. The summed E-state index contributed by atoms with van der Waals surface area (Å²) in [4.78, 5) is 18.1. The van der Waals surface area contributed by atoms with E-state index < -0.39 is 0 Å². The highest BCUT2D eigenvalue weighted by molar-refractivity contribution is 6.37. The number of benzene rings is 3. The van der Waals surface area contributed by atoms with Gasteiger partial charge in [-0.05, 0) is 82.1 Å². The van der Waals surface area contributed by atoms with Crippen LogP contribution >= 0.6 is 23.2 Å². The van der Waals surface area contributed by atoms with E-state index in [1.165, 1.54) is 27.8 Å². The standard InChI is InChI=1S/C29H30Cl2N2O/c1-19-4-7-27-25(15-19)29(18-33(27)28(34)24-6-5-23(30)16-26(24)31)8-10-32(11-9-29)17-22-13-20(2)12-21(3)14-22/h4-7,12-16H,8-11,17-18H2,1-3H3. The van der Waals surface area contributed by atoms with Crippen LogP contribution in [0.2, 0.25) is 10.0 Å². The summed E-state index contributed by atoms with van der Waals surface area (Å²) in [7, 11) is 0. The van der Waals surface area contributed by atoms with Gasteiger partial charge in [0, 0.05) is 29.2 Å². The Labute approximate surface area is 212 Å². The molecule has 0 N–H and O–H groups in total. The Morgan fingerprint density at radius 1 is 0.882 bits per heavy atom. The van der Waals surface area contributed by atoms with Gasteiger partial charge in [-0.25, -0.2) is 0 Å². The third-order valence-corrected chi connectivity index (χ3v) is 7.93. The summed E-state index contributed by atoms with van der Waals surface area (Å²) in [6.07, 6.45) is 2.07. The van der Waals surface area contributed by atoms with Crippen molar-refractivity contribution in [1.29, 1.82) is 0 Å². The molecule has 3 nitrogen and oxygen atoms in total. The normalized spacial score (nSPS) is 17.3. The second kappa shape index (κ2) is 9.03. The van der Waals surface area contributed by atoms with Crippen molar-refractivity contribution in [1.82, 2.24) is 4.90 Å². The van der Waals surface area contributed by atoms with Crippen LogP contribution in [0.25, 0.3) is 0 Å². The molecule has 176 valence electrons. The molecule has 0 bridgehead atoms. The quantitative estimate of drug-likeness (QED) is 0.388. The molecule has 2 aliphatic rings. The van der Waals surface area contributed by atoms with Gasteiger partial charge in [-0.3, -0.25) is 9.69 Å². The highest BCUT2D eigenvalue weighted by Crippen LogP contribution is 2.48. The minimum Gasteiger partial charge on any atom is -0.307 e. The van der Waals surface area contributed by atoms with Crippen LogP contribution in [-0.4, -0.2) is 30.4 Å². The van der Waals surface area contributed by atoms with Crippen LogP contribution in [0.1, 0.15) is 51.0 Å². The van der Waals surface area contributed by atoms with Crippen molar-refractivity contribution in [3.8, 4) is 0 Å². The maximum absolute atomic E-state index is 13.6. The zero-order valence-electron chi connectivity index (χ0n) is 20.0. The fraction of sp³-hybridized carbons (Fsp3) is 0.345. The van der Waals surface area contributed by atoms with Crippen LogP contribution in [0, 0.1) is 20.8 Å². The van der Waals surface area contributed by atoms with E-state index >= 15 is 0 Å². The fourth-order valence-electron chi connectivity index (χ4n) is 5.76. The zero-order chi connectivity index (χ0) is 24.0. The van der Waals surface area contributed by atoms with E-state index in [2.05, 4.69) is 62.1 Å². The van der Waals surface area contributed by atoms with Crippen LogP contribution in [0.15, 0.2) is 54.6 Å². The van der Waals surface area contributed by atoms with Crippen molar-refractivity contribution in [2.75, 3.05) is 24.5 Å². The Morgan fingerprint density at radius 3 is 2.26 bits per heavy atom. The SMILES string of the molecule is Cc1cc(C)cc(CN2CCC3(CC2)CN(C(=O)c2ccc(Cl)cc2Cl)c2ccc(C)cc23)c1. The maximum Gasteiger partial charge on any atom is 0.259 e. The molecule has 5 heteroatoms. The van der Waals surface area contributed by atoms with Crippen molar-refractivity contribution in [2.24, 2.45) is 0 Å². The molecule has 1 saturated heterocycles. The summed E-state index contributed by atoms with van der Waals surface area (Å²) in [6.45, 7) is 10.2. The van der Waals surface area contributed by atoms with Crippen molar-refractivity contribution in [3.05, 3.63) is 98.0 Å². The molecule has 2 heterocycles. The highest BCUT2D eigenvalue weighted by Gasteiger charge is 2.46. The van der Waals surface area contributed by atoms with Gasteiger partial charge in [0.15, 0.2) is 0 Å². The minimum atomic E-state index is -0.0543. The predicted octanol–water partition coefficient (Wildman–Crippen LogP) is 7.11. The van der Waals surface area contributed by atoms with Gasteiger partial charge in [0.1, 0.15) is 0 Å². The molecular formula is C29H30Cl2N2O. The van der Waals surface area contributed by atoms with E-state index in [1.54, 1.807) is 18.2 Å². The Balaban J connectivity index is 1.40. The molecule has 1 amide bonds. The van der Waals surface area contributed by atoms with Crippen LogP contribution in [0.3, 0.4) is 0 Å². The molecule has 5 rings (SSSR count). The average Bonchev–Trinajstić information content (AvgIpc) is 3.08. The van der Waals surface area contributed by atoms with Crippen LogP contribution < -0.4 is 4.90 Å². The van der Waals surface area contributed by atoms with Gasteiger partial charge in [-0.1, -0.05) is 70.2 Å². The molecule has 0 atom stereocenters. The molecule has 0 aromatic heterocycles. The average molecular weight is 493 g/mol. The Kier molecular flexibility index (Phi) is 6.22. The van der Waals surface area contributed by atoms with E-state index in [0.717, 1.165) is 38.2 Å². The molecule has 0 saturated carbocycles. The summed E-state index contributed by atoms with van der Waals surface area (Å²) in [5.41, 5.74) is 8.05. The molecular weight excluding hydrogens is 463 g/mol. The Bertz CT molecular complexity index is 1240. The van der Waals surface area contributed by atoms with Gasteiger partial charge in [0.05, 0.1) is 10.6 Å². The van der Waals surface area contributed by atoms with Crippen molar-refractivity contribution in [3.63, 3.8) is 0 Å². The number of hydrogen-bond donors (Lipinski definition) is 0. The number of nitrogens with zero attached hydrogens (tertiary/aromatic N) is 2. The third kappa shape index (κ3) is 4.37. The first-order valence-corrected chi connectivity index (χ1v) is 12.7. The second-order valence-electron chi connectivity index (χ2n) is 10.1. The van der Waals surface area contributed by atoms with Crippen LogP contribution in [-0.2, 0) is 12.0 Å². The van der Waals surface area contributed by atoms with E-state index in [1.807, 2.05) is 4.90 Å². The van der Waals surface area contributed by atoms with E-state index in [-0.39, 0.29) is 11.3 Å². The smallest absolute Gasteiger partial charge is 0.259 e.